The molecule has 9 aromatic carbocycles. The minimum Gasteiger partial charge on any atom is -0.254 e. The van der Waals surface area contributed by atoms with Crippen molar-refractivity contribution in [3.8, 4) is 89.1 Å². The lowest BCUT2D eigenvalue weighted by Crippen LogP contribution is -1.98. The van der Waals surface area contributed by atoms with Gasteiger partial charge in [-0.05, 0) is 107 Å². The summed E-state index contributed by atoms with van der Waals surface area (Å²) in [5.74, 6) is 0. The second-order valence-corrected chi connectivity index (χ2v) is 15.6. The summed E-state index contributed by atoms with van der Waals surface area (Å²) < 4.78 is 0. The Morgan fingerprint density at radius 3 is 1.38 bits per heavy atom. The predicted molar refractivity (Wildman–Crippen MR) is 252 cm³/mol. The Morgan fingerprint density at radius 2 is 0.767 bits per heavy atom. The van der Waals surface area contributed by atoms with Gasteiger partial charge in [0.05, 0.1) is 16.7 Å². The van der Waals surface area contributed by atoms with Gasteiger partial charge in [0.2, 0.25) is 0 Å². The second-order valence-electron chi connectivity index (χ2n) is 15.6. The fourth-order valence-electron chi connectivity index (χ4n) is 9.64. The van der Waals surface area contributed by atoms with Crippen molar-refractivity contribution >= 4 is 32.6 Å². The van der Waals surface area contributed by atoms with Crippen molar-refractivity contribution in [2.45, 2.75) is 0 Å². The van der Waals surface area contributed by atoms with Crippen molar-refractivity contribution in [1.29, 1.82) is 0 Å². The third kappa shape index (κ3) is 5.35. The molecule has 12 rings (SSSR count). The Kier molecular flexibility index (Phi) is 7.89. The zero-order chi connectivity index (χ0) is 39.6. The van der Waals surface area contributed by atoms with E-state index in [9.17, 15) is 0 Å². The van der Waals surface area contributed by atoms with E-state index in [0.29, 0.717) is 0 Å². The van der Waals surface area contributed by atoms with Crippen LogP contribution in [0.15, 0.2) is 219 Å². The summed E-state index contributed by atoms with van der Waals surface area (Å²) in [6, 6.07) is 76.7. The van der Waals surface area contributed by atoms with Gasteiger partial charge < -0.3 is 0 Å². The van der Waals surface area contributed by atoms with Crippen LogP contribution in [0.4, 0.5) is 0 Å². The molecule has 0 radical (unpaired) electrons. The van der Waals surface area contributed by atoms with Gasteiger partial charge in [0.15, 0.2) is 0 Å². The highest BCUT2D eigenvalue weighted by Crippen LogP contribution is 2.58. The molecule has 0 fully saturated rings. The molecule has 0 saturated heterocycles. The zero-order valence-electron chi connectivity index (χ0n) is 32.7. The summed E-state index contributed by atoms with van der Waals surface area (Å²) in [5.41, 5.74) is 20.5. The number of nitrogens with zero attached hydrogens (tertiary/aromatic N) is 2. The molecule has 60 heavy (non-hydrogen) atoms. The van der Waals surface area contributed by atoms with Crippen LogP contribution in [0.3, 0.4) is 0 Å². The van der Waals surface area contributed by atoms with Gasteiger partial charge in [-0.3, -0.25) is 4.98 Å². The Morgan fingerprint density at radius 1 is 0.267 bits per heavy atom. The van der Waals surface area contributed by atoms with Crippen LogP contribution in [0.2, 0.25) is 0 Å². The maximum absolute atomic E-state index is 5.73. The summed E-state index contributed by atoms with van der Waals surface area (Å²) in [7, 11) is 0. The highest BCUT2D eigenvalue weighted by molar-refractivity contribution is 6.25. The van der Waals surface area contributed by atoms with E-state index in [2.05, 4.69) is 212 Å². The molecule has 0 aliphatic heterocycles. The third-order valence-electron chi connectivity index (χ3n) is 12.3. The second kappa shape index (κ2) is 13.9. The highest BCUT2D eigenvalue weighted by atomic mass is 14.8. The number of hydrogen-bond donors (Lipinski definition) is 0. The van der Waals surface area contributed by atoms with Gasteiger partial charge in [0.1, 0.15) is 0 Å². The molecule has 0 bridgehead atoms. The van der Waals surface area contributed by atoms with Gasteiger partial charge in [-0.15, -0.1) is 0 Å². The number of benzene rings is 9. The molecule has 278 valence electrons. The molecule has 1 aliphatic carbocycles. The number of pyridine rings is 2. The standard InChI is InChI=1S/C58H36N2/c1-6-17-37(18-7-1)42-29-32-48-54-44(42)27-16-28-47(54)56-53(41-25-14-5-15-26-41)51(35-50(55(48)56)40-23-12-4-13-24-40)52-36-49(39-21-10-3-11-22-39)46-31-30-45-43(38-19-8-2-9-20-38)33-34-59-57(45)58(46)60-52/h1-36H. The molecule has 2 heteroatoms. The molecule has 1 aliphatic rings. The van der Waals surface area contributed by atoms with Gasteiger partial charge in [0, 0.05) is 22.5 Å². The van der Waals surface area contributed by atoms with Gasteiger partial charge in [-0.1, -0.05) is 194 Å². The predicted octanol–water partition coefficient (Wildman–Crippen LogP) is 15.6. The van der Waals surface area contributed by atoms with E-state index >= 15 is 0 Å². The minimum absolute atomic E-state index is 0.889. The van der Waals surface area contributed by atoms with Crippen LogP contribution in [0, 0.1) is 0 Å². The summed E-state index contributed by atoms with van der Waals surface area (Å²) in [4.78, 5) is 10.8. The van der Waals surface area contributed by atoms with Gasteiger partial charge in [-0.25, -0.2) is 4.98 Å². The average Bonchev–Trinajstić information content (AvgIpc) is 3.67. The monoisotopic (exact) mass is 760 g/mol. The van der Waals surface area contributed by atoms with Crippen molar-refractivity contribution in [3.63, 3.8) is 0 Å². The van der Waals surface area contributed by atoms with E-state index in [4.69, 9.17) is 9.97 Å². The molecular weight excluding hydrogens is 725 g/mol. The topological polar surface area (TPSA) is 25.8 Å². The molecule has 0 unspecified atom stereocenters. The summed E-state index contributed by atoms with van der Waals surface area (Å²) in [6.45, 7) is 0. The van der Waals surface area contributed by atoms with Gasteiger partial charge >= 0.3 is 0 Å². The van der Waals surface area contributed by atoms with Crippen molar-refractivity contribution in [3.05, 3.63) is 219 Å². The van der Waals surface area contributed by atoms with E-state index in [1.807, 2.05) is 6.20 Å². The van der Waals surface area contributed by atoms with Crippen LogP contribution in [-0.2, 0) is 0 Å². The molecular formula is C58H36N2. The molecule has 0 saturated carbocycles. The van der Waals surface area contributed by atoms with E-state index in [-0.39, 0.29) is 0 Å². The Balaban J connectivity index is 1.23. The Bertz CT molecular complexity index is 3430. The van der Waals surface area contributed by atoms with Crippen LogP contribution >= 0.6 is 0 Å². The lowest BCUT2D eigenvalue weighted by molar-refractivity contribution is 1.37. The number of fused-ring (bicyclic) bond motifs is 6. The van der Waals surface area contributed by atoms with Crippen molar-refractivity contribution in [2.24, 2.45) is 0 Å². The zero-order valence-corrected chi connectivity index (χ0v) is 32.7. The molecule has 0 atom stereocenters. The summed E-state index contributed by atoms with van der Waals surface area (Å²) in [5, 5.41) is 4.71. The van der Waals surface area contributed by atoms with Crippen LogP contribution in [-0.4, -0.2) is 9.97 Å². The first-order valence-corrected chi connectivity index (χ1v) is 20.6. The largest absolute Gasteiger partial charge is 0.254 e. The van der Waals surface area contributed by atoms with E-state index in [1.54, 1.807) is 0 Å². The minimum atomic E-state index is 0.889. The molecule has 11 aromatic rings. The van der Waals surface area contributed by atoms with Gasteiger partial charge in [-0.2, -0.15) is 0 Å². The van der Waals surface area contributed by atoms with E-state index in [0.717, 1.165) is 60.9 Å². The molecule has 0 spiro atoms. The molecule has 0 amide bonds. The van der Waals surface area contributed by atoms with Crippen LogP contribution in [0.25, 0.3) is 122 Å². The fraction of sp³-hybridized carbons (Fsp3) is 0. The maximum atomic E-state index is 5.73. The van der Waals surface area contributed by atoms with Crippen molar-refractivity contribution in [2.75, 3.05) is 0 Å². The normalized spacial score (nSPS) is 11.7. The third-order valence-corrected chi connectivity index (χ3v) is 12.3. The van der Waals surface area contributed by atoms with Crippen molar-refractivity contribution < 1.29 is 0 Å². The number of rotatable bonds is 6. The molecule has 2 nitrogen and oxygen atoms in total. The number of hydrogen-bond acceptors (Lipinski definition) is 2. The quantitative estimate of drug-likeness (QED) is 0.158. The lowest BCUT2D eigenvalue weighted by atomic mass is 9.83. The van der Waals surface area contributed by atoms with Crippen LogP contribution < -0.4 is 0 Å². The van der Waals surface area contributed by atoms with E-state index in [1.165, 1.54) is 60.8 Å². The average molecular weight is 761 g/mol. The molecule has 2 aromatic heterocycles. The smallest absolute Gasteiger partial charge is 0.0978 e. The van der Waals surface area contributed by atoms with Gasteiger partial charge in [0.25, 0.3) is 0 Å². The Labute approximate surface area is 348 Å². The first kappa shape index (κ1) is 34.1. The Hall–Kier alpha value is -7.94. The molecule has 0 N–H and O–H groups in total. The highest BCUT2D eigenvalue weighted by Gasteiger charge is 2.31. The lowest BCUT2D eigenvalue weighted by Gasteiger charge is -2.21. The van der Waals surface area contributed by atoms with Crippen LogP contribution in [0.5, 0.6) is 0 Å². The number of aromatic nitrogens is 2. The first-order chi connectivity index (χ1) is 29.8. The fourth-order valence-corrected chi connectivity index (χ4v) is 9.64. The van der Waals surface area contributed by atoms with E-state index < -0.39 is 0 Å². The van der Waals surface area contributed by atoms with Crippen molar-refractivity contribution in [1.82, 2.24) is 9.97 Å². The first-order valence-electron chi connectivity index (χ1n) is 20.6. The summed E-state index contributed by atoms with van der Waals surface area (Å²) >= 11 is 0. The summed E-state index contributed by atoms with van der Waals surface area (Å²) in [6.07, 6.45) is 1.93. The maximum Gasteiger partial charge on any atom is 0.0978 e. The molecule has 2 heterocycles. The van der Waals surface area contributed by atoms with Crippen LogP contribution in [0.1, 0.15) is 0 Å². The SMILES string of the molecule is c1ccc(-c2cc(-c3cc(-c4ccccc4)c4ccc5c(-c6ccccc6)ccnc5c4n3)c(-c3ccccc3)c3c2-c2ccc(-c4ccccc4)c4cccc-3c24)cc1.